The quantitative estimate of drug-likeness (QED) is 0.713. The Bertz CT molecular complexity index is 974. The van der Waals surface area contributed by atoms with Crippen molar-refractivity contribution in [1.82, 2.24) is 15.3 Å². The Morgan fingerprint density at radius 2 is 1.93 bits per heavy atom. The number of anilines is 1. The topological polar surface area (TPSA) is 53.2 Å². The molecule has 0 amide bonds. The molecule has 3 aromatic rings. The molecule has 0 saturated carbocycles. The summed E-state index contributed by atoms with van der Waals surface area (Å²) in [6.07, 6.45) is 0.593. The molecular weight excluding hydrogens is 355 g/mol. The first-order chi connectivity index (χ1) is 13.6. The van der Waals surface area contributed by atoms with Crippen LogP contribution in [0.3, 0.4) is 0 Å². The van der Waals surface area contributed by atoms with E-state index in [1.807, 2.05) is 30.3 Å². The summed E-state index contributed by atoms with van der Waals surface area (Å²) < 4.78 is 21.0. The summed E-state index contributed by atoms with van der Waals surface area (Å²) in [6.45, 7) is 6.55. The SMILES string of the molecule is C[C@@H]1CN(c2cc(F)c3c(c2)OCC(c2nc4ccccc4[nH]2)C3)C[C@H](C)N1. The van der Waals surface area contributed by atoms with Gasteiger partial charge in [0.15, 0.2) is 0 Å². The lowest BCUT2D eigenvalue weighted by Gasteiger charge is -2.38. The molecule has 3 heterocycles. The van der Waals surface area contributed by atoms with Crippen molar-refractivity contribution in [3.8, 4) is 5.75 Å². The van der Waals surface area contributed by atoms with Gasteiger partial charge in [-0.05, 0) is 38.5 Å². The second kappa shape index (κ2) is 6.78. The van der Waals surface area contributed by atoms with Gasteiger partial charge in [0.05, 0.1) is 23.6 Å². The molecule has 0 spiro atoms. The molecule has 2 N–H and O–H groups in total. The van der Waals surface area contributed by atoms with E-state index in [9.17, 15) is 0 Å². The minimum absolute atomic E-state index is 0.0273. The first kappa shape index (κ1) is 17.5. The molecular formula is C22H25FN4O. The van der Waals surface area contributed by atoms with Crippen LogP contribution >= 0.6 is 0 Å². The highest BCUT2D eigenvalue weighted by Crippen LogP contribution is 2.37. The number of rotatable bonds is 2. The van der Waals surface area contributed by atoms with Crippen LogP contribution in [0.4, 0.5) is 10.1 Å². The van der Waals surface area contributed by atoms with Gasteiger partial charge in [0.1, 0.15) is 17.4 Å². The summed E-state index contributed by atoms with van der Waals surface area (Å²) in [7, 11) is 0. The van der Waals surface area contributed by atoms with E-state index >= 15 is 4.39 Å². The van der Waals surface area contributed by atoms with Crippen LogP contribution in [0.5, 0.6) is 5.75 Å². The van der Waals surface area contributed by atoms with E-state index in [-0.39, 0.29) is 11.7 Å². The number of piperazine rings is 1. The number of nitrogens with zero attached hydrogens (tertiary/aromatic N) is 2. The van der Waals surface area contributed by atoms with E-state index in [1.54, 1.807) is 6.07 Å². The third kappa shape index (κ3) is 3.11. The van der Waals surface area contributed by atoms with Crippen molar-refractivity contribution in [3.63, 3.8) is 0 Å². The second-order valence-electron chi connectivity index (χ2n) is 8.13. The van der Waals surface area contributed by atoms with Gasteiger partial charge in [-0.3, -0.25) is 0 Å². The molecule has 1 saturated heterocycles. The minimum atomic E-state index is -0.188. The van der Waals surface area contributed by atoms with Crippen LogP contribution in [0.2, 0.25) is 0 Å². The van der Waals surface area contributed by atoms with Gasteiger partial charge in [-0.2, -0.15) is 0 Å². The number of nitrogens with one attached hydrogen (secondary N) is 2. The lowest BCUT2D eigenvalue weighted by Crippen LogP contribution is -2.54. The van der Waals surface area contributed by atoms with Crippen molar-refractivity contribution in [2.24, 2.45) is 0 Å². The van der Waals surface area contributed by atoms with Gasteiger partial charge >= 0.3 is 0 Å². The largest absolute Gasteiger partial charge is 0.492 e. The number of benzene rings is 2. The highest BCUT2D eigenvalue weighted by atomic mass is 19.1. The molecule has 2 aliphatic rings. The maximum Gasteiger partial charge on any atom is 0.132 e. The smallest absolute Gasteiger partial charge is 0.132 e. The standard InChI is InChI=1S/C22H25FN4O/c1-13-10-27(11-14(2)24-13)16-8-18(23)17-7-15(12-28-21(17)9-16)22-25-19-5-3-4-6-20(19)26-22/h3-6,8-9,13-15,24H,7,10-12H2,1-2H3,(H,25,26)/t13-,14+,15?. The molecule has 1 unspecified atom stereocenters. The average molecular weight is 380 g/mol. The molecule has 6 heteroatoms. The fourth-order valence-electron chi connectivity index (χ4n) is 4.48. The maximum absolute atomic E-state index is 15.0. The van der Waals surface area contributed by atoms with Crippen molar-refractivity contribution < 1.29 is 9.13 Å². The third-order valence-electron chi connectivity index (χ3n) is 5.75. The molecule has 5 rings (SSSR count). The van der Waals surface area contributed by atoms with Gasteiger partial charge in [0.2, 0.25) is 0 Å². The summed E-state index contributed by atoms with van der Waals surface area (Å²) in [4.78, 5) is 10.3. The summed E-state index contributed by atoms with van der Waals surface area (Å²) >= 11 is 0. The number of ether oxygens (including phenoxy) is 1. The Morgan fingerprint density at radius 3 is 2.71 bits per heavy atom. The van der Waals surface area contributed by atoms with Gasteiger partial charge in [0, 0.05) is 42.5 Å². The Kier molecular flexibility index (Phi) is 4.23. The van der Waals surface area contributed by atoms with Crippen LogP contribution in [-0.4, -0.2) is 41.7 Å². The Labute approximate surface area is 163 Å². The van der Waals surface area contributed by atoms with E-state index in [0.29, 0.717) is 36.4 Å². The fourth-order valence-corrected chi connectivity index (χ4v) is 4.48. The van der Waals surface area contributed by atoms with E-state index < -0.39 is 0 Å². The van der Waals surface area contributed by atoms with Gasteiger partial charge in [-0.25, -0.2) is 9.37 Å². The third-order valence-corrected chi connectivity index (χ3v) is 5.75. The molecule has 2 aromatic carbocycles. The number of hydrogen-bond donors (Lipinski definition) is 2. The molecule has 0 aliphatic carbocycles. The summed E-state index contributed by atoms with van der Waals surface area (Å²) in [5, 5.41) is 3.51. The number of imidazole rings is 1. The molecule has 28 heavy (non-hydrogen) atoms. The van der Waals surface area contributed by atoms with E-state index in [2.05, 4.69) is 34.0 Å². The minimum Gasteiger partial charge on any atom is -0.492 e. The Hall–Kier alpha value is -2.60. The highest BCUT2D eigenvalue weighted by molar-refractivity contribution is 5.74. The van der Waals surface area contributed by atoms with Crippen LogP contribution in [0.1, 0.15) is 31.2 Å². The monoisotopic (exact) mass is 380 g/mol. The Balaban J connectivity index is 1.42. The molecule has 146 valence electrons. The van der Waals surface area contributed by atoms with Crippen LogP contribution in [0.15, 0.2) is 36.4 Å². The summed E-state index contributed by atoms with van der Waals surface area (Å²) in [5.41, 5.74) is 3.48. The van der Waals surface area contributed by atoms with Crippen molar-refractivity contribution in [2.45, 2.75) is 38.3 Å². The zero-order valence-corrected chi connectivity index (χ0v) is 16.2. The molecule has 2 aliphatic heterocycles. The molecule has 3 atom stereocenters. The first-order valence-corrected chi connectivity index (χ1v) is 9.97. The number of halogens is 1. The van der Waals surface area contributed by atoms with Crippen LogP contribution < -0.4 is 15.0 Å². The number of H-pyrrole nitrogens is 1. The van der Waals surface area contributed by atoms with Gasteiger partial charge in [-0.15, -0.1) is 0 Å². The maximum atomic E-state index is 15.0. The van der Waals surface area contributed by atoms with Crippen LogP contribution in [-0.2, 0) is 6.42 Å². The zero-order valence-electron chi connectivity index (χ0n) is 16.2. The second-order valence-corrected chi connectivity index (χ2v) is 8.13. The number of aromatic nitrogens is 2. The first-order valence-electron chi connectivity index (χ1n) is 9.97. The normalized spacial score (nSPS) is 24.8. The lowest BCUT2D eigenvalue weighted by molar-refractivity contribution is 0.254. The van der Waals surface area contributed by atoms with Crippen molar-refractivity contribution >= 4 is 16.7 Å². The van der Waals surface area contributed by atoms with Gasteiger partial charge in [0.25, 0.3) is 0 Å². The van der Waals surface area contributed by atoms with Crippen molar-refractivity contribution in [2.75, 3.05) is 24.6 Å². The summed E-state index contributed by atoms with van der Waals surface area (Å²) in [6, 6.07) is 12.4. The van der Waals surface area contributed by atoms with E-state index in [0.717, 1.165) is 35.6 Å². The highest BCUT2D eigenvalue weighted by Gasteiger charge is 2.29. The van der Waals surface area contributed by atoms with E-state index in [1.165, 1.54) is 0 Å². The van der Waals surface area contributed by atoms with Crippen LogP contribution in [0, 0.1) is 5.82 Å². The van der Waals surface area contributed by atoms with Crippen molar-refractivity contribution in [1.29, 1.82) is 0 Å². The lowest BCUT2D eigenvalue weighted by atomic mass is 9.95. The number of aromatic amines is 1. The van der Waals surface area contributed by atoms with Gasteiger partial charge in [-0.1, -0.05) is 12.1 Å². The summed E-state index contributed by atoms with van der Waals surface area (Å²) in [5.74, 6) is 1.37. The molecule has 0 radical (unpaired) electrons. The number of hydrogen-bond acceptors (Lipinski definition) is 4. The Morgan fingerprint density at radius 1 is 1.14 bits per heavy atom. The molecule has 1 aromatic heterocycles. The molecule has 5 nitrogen and oxygen atoms in total. The van der Waals surface area contributed by atoms with Crippen molar-refractivity contribution in [3.05, 3.63) is 53.6 Å². The molecule has 0 bridgehead atoms. The van der Waals surface area contributed by atoms with Crippen LogP contribution in [0.25, 0.3) is 11.0 Å². The fraction of sp³-hybridized carbons (Fsp3) is 0.409. The average Bonchev–Trinajstić information content (AvgIpc) is 3.11. The van der Waals surface area contributed by atoms with E-state index in [4.69, 9.17) is 4.74 Å². The predicted octanol–water partition coefficient (Wildman–Crippen LogP) is 3.61. The zero-order chi connectivity index (χ0) is 19.3. The number of fused-ring (bicyclic) bond motifs is 2. The predicted molar refractivity (Wildman–Crippen MR) is 109 cm³/mol. The van der Waals surface area contributed by atoms with Gasteiger partial charge < -0.3 is 19.9 Å². The number of para-hydroxylation sites is 2. The molecule has 1 fully saturated rings.